The maximum Gasteiger partial charge on any atom is 0.159 e. The highest BCUT2D eigenvalue weighted by molar-refractivity contribution is 5.94. The summed E-state index contributed by atoms with van der Waals surface area (Å²) >= 11 is 0. The Morgan fingerprint density at radius 1 is 1.18 bits per heavy atom. The summed E-state index contributed by atoms with van der Waals surface area (Å²) < 4.78 is 0. The topological polar surface area (TPSA) is 91.1 Å². The van der Waals surface area contributed by atoms with E-state index in [0.717, 1.165) is 30.6 Å². The van der Waals surface area contributed by atoms with Gasteiger partial charge in [0, 0.05) is 43.1 Å². The number of aliphatic imine (C=N–C) groups is 1. The van der Waals surface area contributed by atoms with Crippen LogP contribution in [0.3, 0.4) is 0 Å². The number of nitrogens with zero attached hydrogens (tertiary/aromatic N) is 2. The number of aryl methyl sites for hydroxylation is 1. The van der Waals surface area contributed by atoms with Gasteiger partial charge in [-0.3, -0.25) is 9.79 Å². The first kappa shape index (κ1) is 38.1. The molecule has 39 heavy (non-hydrogen) atoms. The molecule has 0 spiro atoms. The first-order chi connectivity index (χ1) is 18.7. The summed E-state index contributed by atoms with van der Waals surface area (Å²) in [7, 11) is 0. The number of nitrogens with one attached hydrogen (secondary N) is 1. The van der Waals surface area contributed by atoms with Crippen LogP contribution in [-0.4, -0.2) is 42.8 Å². The van der Waals surface area contributed by atoms with Crippen LogP contribution in [0.15, 0.2) is 51.8 Å². The number of aliphatic hydroxyl groups is 1. The number of hydrogen-bond donors (Lipinski definition) is 2. The highest BCUT2D eigenvalue weighted by Crippen LogP contribution is 2.51. The van der Waals surface area contributed by atoms with Crippen molar-refractivity contribution in [3.63, 3.8) is 0 Å². The first-order valence-corrected chi connectivity index (χ1v) is 14.1. The molecule has 0 amide bonds. The number of Topliss-reactive ketones (excluding diaryl/α,β-unsaturated/α-hetero) is 1. The Bertz CT molecular complexity index is 941. The van der Waals surface area contributed by atoms with Gasteiger partial charge in [-0.15, -0.1) is 12.8 Å². The van der Waals surface area contributed by atoms with E-state index < -0.39 is 0 Å². The molecule has 0 heterocycles. The Morgan fingerprint density at radius 3 is 2.18 bits per heavy atom. The van der Waals surface area contributed by atoms with E-state index >= 15 is 0 Å². The highest BCUT2D eigenvalue weighted by atomic mass is 16.3. The molecule has 1 fully saturated rings. The molecule has 218 valence electrons. The Labute approximate surface area is 238 Å². The molecule has 1 atom stereocenters. The van der Waals surface area contributed by atoms with E-state index in [1.807, 2.05) is 52.1 Å². The van der Waals surface area contributed by atoms with E-state index in [1.54, 1.807) is 6.92 Å². The van der Waals surface area contributed by atoms with Gasteiger partial charge in [0.15, 0.2) is 5.78 Å². The summed E-state index contributed by atoms with van der Waals surface area (Å²) in [6.07, 6.45) is 20.5. The number of carbonyl (C=O) groups is 1. The van der Waals surface area contributed by atoms with Gasteiger partial charge in [-0.2, -0.15) is 4.91 Å². The largest absolute Gasteiger partial charge is 0.396 e. The molecular formula is C33H53N3O3. The second-order valence-electron chi connectivity index (χ2n) is 9.50. The van der Waals surface area contributed by atoms with Gasteiger partial charge in [-0.05, 0) is 95.4 Å². The van der Waals surface area contributed by atoms with E-state index in [4.69, 9.17) is 5.11 Å². The molecule has 1 saturated carbocycles. The number of nitroso groups, excluding NO2 is 1. The number of rotatable bonds is 13. The number of unbranched alkanes of at least 4 members (excludes halogenated alkanes) is 1. The lowest BCUT2D eigenvalue weighted by atomic mass is 9.88. The van der Waals surface area contributed by atoms with E-state index in [-0.39, 0.29) is 18.4 Å². The summed E-state index contributed by atoms with van der Waals surface area (Å²) in [6.45, 7) is 17.6. The van der Waals surface area contributed by atoms with Crippen LogP contribution in [0, 0.1) is 24.7 Å². The van der Waals surface area contributed by atoms with Gasteiger partial charge in [-0.25, -0.2) is 0 Å². The third-order valence-electron chi connectivity index (χ3n) is 6.73. The van der Waals surface area contributed by atoms with Crippen LogP contribution in [0.1, 0.15) is 108 Å². The predicted molar refractivity (Wildman–Crippen MR) is 169 cm³/mol. The molecule has 0 aromatic heterocycles. The molecule has 1 aromatic carbocycles. The second-order valence-corrected chi connectivity index (χ2v) is 9.50. The van der Waals surface area contributed by atoms with Gasteiger partial charge in [0.25, 0.3) is 0 Å². The minimum atomic E-state index is 0.158. The van der Waals surface area contributed by atoms with Crippen LogP contribution >= 0.6 is 0 Å². The summed E-state index contributed by atoms with van der Waals surface area (Å²) in [6, 6.07) is 6.38. The molecule has 0 saturated heterocycles. The van der Waals surface area contributed by atoms with Gasteiger partial charge in [0.2, 0.25) is 0 Å². The second kappa shape index (κ2) is 22.9. The standard InChI is InChI=1S/C14H18O.C13H24N2O.C4H9NO.C2H2/c1-4-14(7-8-14)13-6-5-12(11(3)15)9-10(13)2;1-5-12(10-14-7-3)11(4)15-13(6-2)8-9-16;1-2-3-4-5-6;1-2/h5-6,9H,4,7-8H2,1-3H3;5-6,10-11,15-16H,7-9H2,1-4H3;2-4H2,1H3;1-2H/b;12-5+,13-6-,14-10?;;. The first-order valence-electron chi connectivity index (χ1n) is 14.1. The lowest BCUT2D eigenvalue weighted by Gasteiger charge is -2.18. The minimum Gasteiger partial charge on any atom is -0.396 e. The van der Waals surface area contributed by atoms with Crippen LogP contribution in [0.4, 0.5) is 0 Å². The molecule has 1 aliphatic carbocycles. The van der Waals surface area contributed by atoms with Crippen LogP contribution in [-0.2, 0) is 5.41 Å². The Kier molecular flexibility index (Phi) is 22.4. The van der Waals surface area contributed by atoms with Gasteiger partial charge in [-0.1, -0.05) is 49.7 Å². The zero-order valence-electron chi connectivity index (χ0n) is 25.7. The summed E-state index contributed by atoms with van der Waals surface area (Å²) in [5, 5.41) is 14.9. The van der Waals surface area contributed by atoms with Crippen molar-refractivity contribution >= 4 is 12.0 Å². The zero-order valence-corrected chi connectivity index (χ0v) is 25.7. The number of carbonyl (C=O) groups excluding carboxylic acids is 1. The van der Waals surface area contributed by atoms with Crippen LogP contribution < -0.4 is 5.32 Å². The third-order valence-corrected chi connectivity index (χ3v) is 6.73. The van der Waals surface area contributed by atoms with Gasteiger partial charge in [0.1, 0.15) is 0 Å². The molecule has 6 heteroatoms. The lowest BCUT2D eigenvalue weighted by Crippen LogP contribution is -2.28. The maximum atomic E-state index is 11.2. The average molecular weight is 540 g/mol. The van der Waals surface area contributed by atoms with E-state index in [0.29, 0.717) is 18.4 Å². The fourth-order valence-corrected chi connectivity index (χ4v) is 4.08. The predicted octanol–water partition coefficient (Wildman–Crippen LogP) is 7.73. The monoisotopic (exact) mass is 539 g/mol. The fraction of sp³-hybridized carbons (Fsp3) is 0.576. The van der Waals surface area contributed by atoms with Crippen molar-refractivity contribution in [2.75, 3.05) is 19.7 Å². The van der Waals surface area contributed by atoms with E-state index in [1.165, 1.54) is 36.0 Å². The Balaban J connectivity index is 0. The van der Waals surface area contributed by atoms with Crippen molar-refractivity contribution < 1.29 is 9.90 Å². The molecule has 0 aliphatic heterocycles. The summed E-state index contributed by atoms with van der Waals surface area (Å²) in [4.78, 5) is 24.8. The molecular weight excluding hydrogens is 486 g/mol. The summed E-state index contributed by atoms with van der Waals surface area (Å²) in [5.74, 6) is 0.158. The van der Waals surface area contributed by atoms with Crippen molar-refractivity contribution in [1.29, 1.82) is 0 Å². The average Bonchev–Trinajstić information content (AvgIpc) is 3.75. The van der Waals surface area contributed by atoms with Crippen molar-refractivity contribution in [2.24, 2.45) is 10.2 Å². The van der Waals surface area contributed by atoms with Crippen molar-refractivity contribution in [2.45, 2.75) is 105 Å². The minimum absolute atomic E-state index is 0.158. The molecule has 2 N–H and O–H groups in total. The van der Waals surface area contributed by atoms with Crippen LogP contribution in [0.2, 0.25) is 0 Å². The normalized spacial score (nSPS) is 14.4. The van der Waals surface area contributed by atoms with Crippen LogP contribution in [0.5, 0.6) is 0 Å². The molecule has 0 radical (unpaired) electrons. The maximum absolute atomic E-state index is 11.2. The van der Waals surface area contributed by atoms with Gasteiger partial charge >= 0.3 is 0 Å². The van der Waals surface area contributed by atoms with Crippen molar-refractivity contribution in [1.82, 2.24) is 5.32 Å². The number of aliphatic hydroxyl groups excluding tert-OH is 1. The number of allylic oxidation sites excluding steroid dienone is 2. The van der Waals surface area contributed by atoms with E-state index in [2.05, 4.69) is 61.2 Å². The number of terminal acetylenes is 1. The molecule has 1 unspecified atom stereocenters. The van der Waals surface area contributed by atoms with Crippen molar-refractivity contribution in [3.05, 3.63) is 63.2 Å². The summed E-state index contributed by atoms with van der Waals surface area (Å²) in [5.41, 5.74) is 6.25. The highest BCUT2D eigenvalue weighted by Gasteiger charge is 2.43. The van der Waals surface area contributed by atoms with E-state index in [9.17, 15) is 9.70 Å². The zero-order chi connectivity index (χ0) is 30.3. The molecule has 2 rings (SSSR count). The van der Waals surface area contributed by atoms with Crippen molar-refractivity contribution in [3.8, 4) is 12.8 Å². The SMILES string of the molecule is C#C.C/C=C(/CCO)NC(C)/C(C=NCC)=C/C.CCC1(c2ccc(C(C)=O)cc2C)CC1.CCCCN=O. The molecule has 6 nitrogen and oxygen atoms in total. The molecule has 1 aromatic rings. The lowest BCUT2D eigenvalue weighted by molar-refractivity contribution is 0.101. The number of ketones is 1. The Morgan fingerprint density at radius 2 is 1.82 bits per heavy atom. The third kappa shape index (κ3) is 15.2. The smallest absolute Gasteiger partial charge is 0.159 e. The number of benzene rings is 1. The fourth-order valence-electron chi connectivity index (χ4n) is 4.08. The van der Waals surface area contributed by atoms with Gasteiger partial charge < -0.3 is 10.4 Å². The van der Waals surface area contributed by atoms with Gasteiger partial charge in [0.05, 0.1) is 6.54 Å². The molecule has 1 aliphatic rings. The Hall–Kier alpha value is -3.04. The quantitative estimate of drug-likeness (QED) is 0.0882. The van der Waals surface area contributed by atoms with Crippen LogP contribution in [0.25, 0.3) is 0 Å². The molecule has 0 bridgehead atoms. The number of hydrogen-bond acceptors (Lipinski definition) is 6.